The number of amides is 2. The summed E-state index contributed by atoms with van der Waals surface area (Å²) in [5.41, 5.74) is 3.70. The molecule has 3 aromatic carbocycles. The van der Waals surface area contributed by atoms with E-state index in [1.165, 1.54) is 11.8 Å². The maximum Gasteiger partial charge on any atom is 0.338 e. The molecule has 36 heavy (non-hydrogen) atoms. The minimum atomic E-state index is -0.473. The second-order valence-corrected chi connectivity index (χ2v) is 9.78. The van der Waals surface area contributed by atoms with E-state index in [0.717, 1.165) is 33.0 Å². The molecule has 8 heteroatoms. The monoisotopic (exact) mass is 520 g/mol. The molecule has 1 heterocycles. The molecule has 0 aromatic heterocycles. The van der Waals surface area contributed by atoms with Gasteiger partial charge in [-0.05, 0) is 86.0 Å². The van der Waals surface area contributed by atoms with Gasteiger partial charge < -0.3 is 10.1 Å². The Morgan fingerprint density at radius 3 is 2.33 bits per heavy atom. The molecule has 0 radical (unpaired) electrons. The van der Waals surface area contributed by atoms with Crippen LogP contribution in [0.1, 0.15) is 34.8 Å². The van der Waals surface area contributed by atoms with E-state index in [0.29, 0.717) is 22.9 Å². The normalized spacial score (nSPS) is 13.4. The maximum absolute atomic E-state index is 13.6. The fraction of sp³-hybridized carbons (Fsp3) is 0.179. The predicted octanol–water partition coefficient (Wildman–Crippen LogP) is 6.51. The molecule has 0 atom stereocenters. The van der Waals surface area contributed by atoms with Gasteiger partial charge in [0.05, 0.1) is 17.9 Å². The quantitative estimate of drug-likeness (QED) is 0.269. The molecule has 184 valence electrons. The van der Waals surface area contributed by atoms with Crippen LogP contribution in [-0.2, 0) is 14.3 Å². The predicted molar refractivity (Wildman–Crippen MR) is 143 cm³/mol. The Labute approximate surface area is 219 Å². The summed E-state index contributed by atoms with van der Waals surface area (Å²) in [7, 11) is 0. The lowest BCUT2D eigenvalue weighted by Crippen LogP contribution is -2.32. The van der Waals surface area contributed by atoms with Crippen molar-refractivity contribution in [3.63, 3.8) is 0 Å². The van der Waals surface area contributed by atoms with Crippen LogP contribution < -0.4 is 10.2 Å². The van der Waals surface area contributed by atoms with E-state index in [4.69, 9.17) is 16.3 Å². The number of nitrogens with zero attached hydrogens (tertiary/aromatic N) is 1. The van der Waals surface area contributed by atoms with E-state index in [-0.39, 0.29) is 10.6 Å². The number of halogens is 1. The highest BCUT2D eigenvalue weighted by Crippen LogP contribution is 2.38. The summed E-state index contributed by atoms with van der Waals surface area (Å²) in [6.45, 7) is 6.18. The standard InChI is InChI=1S/C28H25ClN2O4S/c1-4-16-35-28(34)19-8-12-21(13-9-19)31-26(32)24(30-23-7-5-6-17(2)18(23)3)25(27(31)33)36-22-14-10-20(29)11-15-22/h5-15,30H,4,16H2,1-3H3. The first-order valence-corrected chi connectivity index (χ1v) is 12.7. The first-order valence-electron chi connectivity index (χ1n) is 11.5. The van der Waals surface area contributed by atoms with Crippen LogP contribution in [0.5, 0.6) is 0 Å². The minimum absolute atomic E-state index is 0.195. The number of imide groups is 1. The molecule has 1 aliphatic heterocycles. The highest BCUT2D eigenvalue weighted by Gasteiger charge is 2.40. The number of esters is 1. The number of ether oxygens (including phenoxy) is 1. The summed E-state index contributed by atoms with van der Waals surface area (Å²) < 4.78 is 5.16. The van der Waals surface area contributed by atoms with E-state index in [1.54, 1.807) is 48.5 Å². The number of rotatable bonds is 8. The summed E-state index contributed by atoms with van der Waals surface area (Å²) in [5.74, 6) is -1.37. The van der Waals surface area contributed by atoms with Gasteiger partial charge in [0.2, 0.25) is 0 Å². The lowest BCUT2D eigenvalue weighted by atomic mass is 10.1. The van der Waals surface area contributed by atoms with Crippen molar-refractivity contribution in [2.45, 2.75) is 32.1 Å². The first-order chi connectivity index (χ1) is 17.3. The number of carbonyl (C=O) groups excluding carboxylic acids is 3. The van der Waals surface area contributed by atoms with Crippen LogP contribution in [0.3, 0.4) is 0 Å². The van der Waals surface area contributed by atoms with Crippen molar-refractivity contribution in [2.24, 2.45) is 0 Å². The van der Waals surface area contributed by atoms with E-state index in [2.05, 4.69) is 5.32 Å². The van der Waals surface area contributed by atoms with Gasteiger partial charge in [0.1, 0.15) is 10.6 Å². The van der Waals surface area contributed by atoms with Crippen LogP contribution in [0.25, 0.3) is 0 Å². The Hall–Kier alpha value is -3.55. The van der Waals surface area contributed by atoms with Gasteiger partial charge >= 0.3 is 5.97 Å². The van der Waals surface area contributed by atoms with Gasteiger partial charge in [-0.3, -0.25) is 9.59 Å². The fourth-order valence-corrected chi connectivity index (χ4v) is 4.67. The van der Waals surface area contributed by atoms with Crippen molar-refractivity contribution in [3.05, 3.63) is 99.0 Å². The van der Waals surface area contributed by atoms with E-state index < -0.39 is 17.8 Å². The number of carbonyl (C=O) groups is 3. The highest BCUT2D eigenvalue weighted by molar-refractivity contribution is 8.04. The van der Waals surface area contributed by atoms with Crippen LogP contribution >= 0.6 is 23.4 Å². The number of nitrogens with one attached hydrogen (secondary N) is 1. The molecule has 1 aliphatic rings. The largest absolute Gasteiger partial charge is 0.462 e. The number of hydrogen-bond acceptors (Lipinski definition) is 6. The third-order valence-corrected chi connectivity index (χ3v) is 7.08. The number of aryl methyl sites for hydroxylation is 1. The summed E-state index contributed by atoms with van der Waals surface area (Å²) in [6.07, 6.45) is 0.719. The molecule has 3 aromatic rings. The third-order valence-electron chi connectivity index (χ3n) is 5.74. The van der Waals surface area contributed by atoms with Crippen molar-refractivity contribution in [2.75, 3.05) is 16.8 Å². The van der Waals surface area contributed by atoms with Crippen molar-refractivity contribution >= 4 is 52.5 Å². The lowest BCUT2D eigenvalue weighted by molar-refractivity contribution is -0.120. The second kappa shape index (κ2) is 11.0. The fourth-order valence-electron chi connectivity index (χ4n) is 3.62. The van der Waals surface area contributed by atoms with E-state index in [1.807, 2.05) is 39.0 Å². The maximum atomic E-state index is 13.6. The van der Waals surface area contributed by atoms with Crippen molar-refractivity contribution in [1.82, 2.24) is 0 Å². The Kier molecular flexibility index (Phi) is 7.82. The average molecular weight is 521 g/mol. The molecule has 2 amide bonds. The van der Waals surface area contributed by atoms with Crippen LogP contribution in [-0.4, -0.2) is 24.4 Å². The number of benzene rings is 3. The summed E-state index contributed by atoms with van der Waals surface area (Å²) >= 11 is 7.22. The molecule has 0 fully saturated rings. The molecule has 0 aliphatic carbocycles. The molecule has 0 spiro atoms. The Morgan fingerprint density at radius 1 is 0.972 bits per heavy atom. The third kappa shape index (κ3) is 5.32. The number of thioether (sulfide) groups is 1. The van der Waals surface area contributed by atoms with Crippen LogP contribution in [0.15, 0.2) is 82.2 Å². The molecule has 0 saturated carbocycles. The molecule has 0 unspecified atom stereocenters. The van der Waals surface area contributed by atoms with Gasteiger partial charge in [-0.1, -0.05) is 42.4 Å². The average Bonchev–Trinajstić information content (AvgIpc) is 3.10. The second-order valence-electron chi connectivity index (χ2n) is 8.26. The van der Waals surface area contributed by atoms with Crippen molar-refractivity contribution in [1.29, 1.82) is 0 Å². The first kappa shape index (κ1) is 25.5. The van der Waals surface area contributed by atoms with Gasteiger partial charge in [0.25, 0.3) is 11.8 Å². The molecular weight excluding hydrogens is 496 g/mol. The Bertz CT molecular complexity index is 1350. The lowest BCUT2D eigenvalue weighted by Gasteiger charge is -2.16. The van der Waals surface area contributed by atoms with Crippen molar-refractivity contribution < 1.29 is 19.1 Å². The summed E-state index contributed by atoms with van der Waals surface area (Å²) in [6, 6.07) is 19.1. The summed E-state index contributed by atoms with van der Waals surface area (Å²) in [5, 5.41) is 3.79. The van der Waals surface area contributed by atoms with Crippen molar-refractivity contribution in [3.8, 4) is 0 Å². The van der Waals surface area contributed by atoms with Crippen LogP contribution in [0.4, 0.5) is 11.4 Å². The Morgan fingerprint density at radius 2 is 1.67 bits per heavy atom. The zero-order chi connectivity index (χ0) is 25.8. The zero-order valence-electron chi connectivity index (χ0n) is 20.1. The molecule has 1 N–H and O–H groups in total. The van der Waals surface area contributed by atoms with E-state index >= 15 is 0 Å². The number of anilines is 2. The highest BCUT2D eigenvalue weighted by atomic mass is 35.5. The van der Waals surface area contributed by atoms with E-state index in [9.17, 15) is 14.4 Å². The molecule has 0 saturated heterocycles. The van der Waals surface area contributed by atoms with Gasteiger partial charge in [0.15, 0.2) is 0 Å². The van der Waals surface area contributed by atoms with Gasteiger partial charge in [-0.15, -0.1) is 0 Å². The molecule has 6 nitrogen and oxygen atoms in total. The van der Waals surface area contributed by atoms with Crippen LogP contribution in [0.2, 0.25) is 5.02 Å². The Balaban J connectivity index is 1.68. The SMILES string of the molecule is CCCOC(=O)c1ccc(N2C(=O)C(Nc3cccc(C)c3C)=C(Sc3ccc(Cl)cc3)C2=O)cc1. The van der Waals surface area contributed by atoms with Gasteiger partial charge in [-0.25, -0.2) is 9.69 Å². The molecular formula is C28H25ClN2O4S. The van der Waals surface area contributed by atoms with Crippen LogP contribution in [0, 0.1) is 13.8 Å². The zero-order valence-corrected chi connectivity index (χ0v) is 21.7. The number of hydrogen-bond donors (Lipinski definition) is 1. The van der Waals surface area contributed by atoms with Gasteiger partial charge in [0, 0.05) is 15.6 Å². The molecule has 0 bridgehead atoms. The summed E-state index contributed by atoms with van der Waals surface area (Å²) in [4.78, 5) is 41.5. The van der Waals surface area contributed by atoms with Gasteiger partial charge in [-0.2, -0.15) is 0 Å². The molecule has 4 rings (SSSR count). The smallest absolute Gasteiger partial charge is 0.338 e. The minimum Gasteiger partial charge on any atom is -0.462 e. The topological polar surface area (TPSA) is 75.7 Å².